The van der Waals surface area contributed by atoms with E-state index in [0.717, 1.165) is 16.3 Å². The number of hydrogen-bond acceptors (Lipinski definition) is 2. The second-order valence-electron chi connectivity index (χ2n) is 3.36. The van der Waals surface area contributed by atoms with Crippen molar-refractivity contribution in [2.45, 2.75) is 24.3 Å². The van der Waals surface area contributed by atoms with E-state index in [1.165, 1.54) is 6.92 Å². The standard InChI is InChI=1S/C12H15F2NS/c1-3-8-16-11-7-5-4-6-10(11)15-9(2)12(13)14/h3-7,9,12,15H,1,8H2,2H3. The van der Waals surface area contributed by atoms with E-state index in [1.54, 1.807) is 17.8 Å². The minimum Gasteiger partial charge on any atom is -0.376 e. The molecule has 1 aromatic rings. The lowest BCUT2D eigenvalue weighted by Crippen LogP contribution is -2.24. The van der Waals surface area contributed by atoms with Crippen molar-refractivity contribution in [1.29, 1.82) is 0 Å². The maximum atomic E-state index is 12.4. The fraction of sp³-hybridized carbons (Fsp3) is 0.333. The highest BCUT2D eigenvalue weighted by atomic mass is 32.2. The molecule has 0 saturated heterocycles. The summed E-state index contributed by atoms with van der Waals surface area (Å²) in [6.07, 6.45) is -0.574. The fourth-order valence-electron chi connectivity index (χ4n) is 1.17. The van der Waals surface area contributed by atoms with Crippen molar-refractivity contribution in [3.05, 3.63) is 36.9 Å². The van der Waals surface area contributed by atoms with Crippen molar-refractivity contribution in [3.63, 3.8) is 0 Å². The summed E-state index contributed by atoms with van der Waals surface area (Å²) < 4.78 is 24.8. The summed E-state index contributed by atoms with van der Waals surface area (Å²) in [7, 11) is 0. The Morgan fingerprint density at radius 2 is 2.12 bits per heavy atom. The third kappa shape index (κ3) is 3.85. The molecule has 0 fully saturated rings. The summed E-state index contributed by atoms with van der Waals surface area (Å²) in [5, 5.41) is 2.81. The van der Waals surface area contributed by atoms with Gasteiger partial charge in [0.1, 0.15) is 0 Å². The lowest BCUT2D eigenvalue weighted by atomic mass is 10.2. The zero-order valence-corrected chi connectivity index (χ0v) is 9.94. The first-order valence-corrected chi connectivity index (χ1v) is 6.01. The number of alkyl halides is 2. The number of anilines is 1. The van der Waals surface area contributed by atoms with E-state index in [1.807, 2.05) is 24.3 Å². The van der Waals surface area contributed by atoms with Crippen molar-refractivity contribution in [1.82, 2.24) is 0 Å². The third-order valence-corrected chi connectivity index (χ3v) is 3.07. The molecule has 88 valence electrons. The first-order valence-electron chi connectivity index (χ1n) is 5.02. The normalized spacial score (nSPS) is 12.5. The van der Waals surface area contributed by atoms with Gasteiger partial charge in [0.2, 0.25) is 0 Å². The predicted octanol–water partition coefficient (Wildman–Crippen LogP) is 4.03. The predicted molar refractivity (Wildman–Crippen MR) is 66.5 cm³/mol. The van der Waals surface area contributed by atoms with Gasteiger partial charge in [0.25, 0.3) is 6.43 Å². The van der Waals surface area contributed by atoms with E-state index in [-0.39, 0.29) is 0 Å². The number of thioether (sulfide) groups is 1. The summed E-state index contributed by atoms with van der Waals surface area (Å²) in [6.45, 7) is 5.11. The Balaban J connectivity index is 2.73. The number of para-hydroxylation sites is 1. The molecule has 0 amide bonds. The van der Waals surface area contributed by atoms with Crippen LogP contribution in [-0.2, 0) is 0 Å². The molecule has 0 heterocycles. The highest BCUT2D eigenvalue weighted by Crippen LogP contribution is 2.27. The van der Waals surface area contributed by atoms with E-state index >= 15 is 0 Å². The van der Waals surface area contributed by atoms with Gasteiger partial charge in [-0.15, -0.1) is 18.3 Å². The van der Waals surface area contributed by atoms with E-state index in [2.05, 4.69) is 11.9 Å². The molecule has 1 rings (SSSR count). The van der Waals surface area contributed by atoms with Crippen LogP contribution in [0, 0.1) is 0 Å². The van der Waals surface area contributed by atoms with Crippen molar-refractivity contribution >= 4 is 17.4 Å². The first kappa shape index (κ1) is 13.0. The third-order valence-electron chi connectivity index (χ3n) is 2.00. The van der Waals surface area contributed by atoms with Crippen molar-refractivity contribution in [2.24, 2.45) is 0 Å². The Hall–Kier alpha value is -1.03. The number of rotatable bonds is 6. The molecule has 1 unspecified atom stereocenters. The Labute approximate surface area is 98.9 Å². The van der Waals surface area contributed by atoms with Crippen LogP contribution in [0.2, 0.25) is 0 Å². The largest absolute Gasteiger partial charge is 0.376 e. The second kappa shape index (κ2) is 6.53. The van der Waals surface area contributed by atoms with Gasteiger partial charge in [-0.1, -0.05) is 18.2 Å². The number of hydrogen-bond donors (Lipinski definition) is 1. The monoisotopic (exact) mass is 243 g/mol. The molecule has 0 spiro atoms. The van der Waals surface area contributed by atoms with Crippen LogP contribution in [0.3, 0.4) is 0 Å². The van der Waals surface area contributed by atoms with E-state index < -0.39 is 12.5 Å². The summed E-state index contributed by atoms with van der Waals surface area (Å²) in [5.41, 5.74) is 0.752. The Bertz CT molecular complexity index is 342. The molecule has 0 saturated carbocycles. The minimum absolute atomic E-state index is 0.752. The molecular weight excluding hydrogens is 228 g/mol. The summed E-state index contributed by atoms with van der Waals surface area (Å²) in [6, 6.07) is 6.60. The van der Waals surface area contributed by atoms with Gasteiger partial charge in [0.15, 0.2) is 0 Å². The molecule has 0 aromatic heterocycles. The second-order valence-corrected chi connectivity index (χ2v) is 4.43. The Morgan fingerprint density at radius 3 is 2.75 bits per heavy atom. The molecule has 0 aliphatic heterocycles. The summed E-state index contributed by atoms with van der Waals surface area (Å²) >= 11 is 1.58. The SMILES string of the molecule is C=CCSc1ccccc1NC(C)C(F)F. The molecular formula is C12H15F2NS. The molecule has 1 aromatic carbocycles. The molecule has 0 bridgehead atoms. The summed E-state index contributed by atoms with van der Waals surface area (Å²) in [5.74, 6) is 0.766. The van der Waals surface area contributed by atoms with Crippen LogP contribution < -0.4 is 5.32 Å². The molecule has 4 heteroatoms. The number of nitrogens with one attached hydrogen (secondary N) is 1. The van der Waals surface area contributed by atoms with Gasteiger partial charge in [0, 0.05) is 16.3 Å². The van der Waals surface area contributed by atoms with E-state index in [0.29, 0.717) is 0 Å². The molecule has 1 atom stereocenters. The van der Waals surface area contributed by atoms with Gasteiger partial charge < -0.3 is 5.32 Å². The lowest BCUT2D eigenvalue weighted by molar-refractivity contribution is 0.130. The van der Waals surface area contributed by atoms with Crippen LogP contribution in [0.25, 0.3) is 0 Å². The van der Waals surface area contributed by atoms with Crippen LogP contribution in [0.15, 0.2) is 41.8 Å². The molecule has 0 radical (unpaired) electrons. The molecule has 0 aliphatic rings. The van der Waals surface area contributed by atoms with Crippen molar-refractivity contribution in [3.8, 4) is 0 Å². The fourth-order valence-corrected chi connectivity index (χ4v) is 1.92. The van der Waals surface area contributed by atoms with Crippen LogP contribution in [-0.4, -0.2) is 18.2 Å². The van der Waals surface area contributed by atoms with E-state index in [9.17, 15) is 8.78 Å². The molecule has 16 heavy (non-hydrogen) atoms. The topological polar surface area (TPSA) is 12.0 Å². The average Bonchev–Trinajstić information content (AvgIpc) is 2.27. The van der Waals surface area contributed by atoms with Crippen LogP contribution in [0.1, 0.15) is 6.92 Å². The minimum atomic E-state index is -2.36. The van der Waals surface area contributed by atoms with Gasteiger partial charge in [-0.2, -0.15) is 0 Å². The zero-order chi connectivity index (χ0) is 12.0. The number of benzene rings is 1. The van der Waals surface area contributed by atoms with E-state index in [4.69, 9.17) is 0 Å². The molecule has 1 N–H and O–H groups in total. The Morgan fingerprint density at radius 1 is 1.44 bits per heavy atom. The molecule has 1 nitrogen and oxygen atoms in total. The van der Waals surface area contributed by atoms with Gasteiger partial charge >= 0.3 is 0 Å². The Kier molecular flexibility index (Phi) is 5.32. The van der Waals surface area contributed by atoms with Crippen LogP contribution in [0.5, 0.6) is 0 Å². The van der Waals surface area contributed by atoms with Gasteiger partial charge in [-0.05, 0) is 19.1 Å². The highest BCUT2D eigenvalue weighted by molar-refractivity contribution is 7.99. The quantitative estimate of drug-likeness (QED) is 0.598. The summed E-state index contributed by atoms with van der Waals surface area (Å²) in [4.78, 5) is 0.968. The molecule has 0 aliphatic carbocycles. The highest BCUT2D eigenvalue weighted by Gasteiger charge is 2.15. The van der Waals surface area contributed by atoms with Crippen LogP contribution in [0.4, 0.5) is 14.5 Å². The van der Waals surface area contributed by atoms with Crippen molar-refractivity contribution in [2.75, 3.05) is 11.1 Å². The smallest absolute Gasteiger partial charge is 0.258 e. The first-order chi connectivity index (χ1) is 7.65. The van der Waals surface area contributed by atoms with Crippen LogP contribution >= 0.6 is 11.8 Å². The number of halogens is 2. The average molecular weight is 243 g/mol. The maximum Gasteiger partial charge on any atom is 0.258 e. The maximum absolute atomic E-state index is 12.4. The van der Waals surface area contributed by atoms with Gasteiger partial charge in [-0.3, -0.25) is 0 Å². The zero-order valence-electron chi connectivity index (χ0n) is 9.12. The van der Waals surface area contributed by atoms with Crippen molar-refractivity contribution < 1.29 is 8.78 Å². The van der Waals surface area contributed by atoms with Gasteiger partial charge in [0.05, 0.1) is 6.04 Å². The van der Waals surface area contributed by atoms with Gasteiger partial charge in [-0.25, -0.2) is 8.78 Å². The lowest BCUT2D eigenvalue weighted by Gasteiger charge is -2.16.